The van der Waals surface area contributed by atoms with Crippen LogP contribution in [-0.4, -0.2) is 13.4 Å². The van der Waals surface area contributed by atoms with Crippen LogP contribution in [0.15, 0.2) is 93.2 Å². The molecule has 0 unspecified atom stereocenters. The third-order valence-electron chi connectivity index (χ3n) is 4.69. The second-order valence-corrected chi connectivity index (χ2v) is 8.83. The number of aromatic nitrogens is 1. The Morgan fingerprint density at radius 2 is 1.53 bits per heavy atom. The van der Waals surface area contributed by atoms with Crippen molar-refractivity contribution in [2.45, 2.75) is 30.4 Å². The molecule has 0 fully saturated rings. The van der Waals surface area contributed by atoms with Crippen molar-refractivity contribution in [3.63, 3.8) is 0 Å². The molecule has 0 saturated heterocycles. The summed E-state index contributed by atoms with van der Waals surface area (Å²) in [7, 11) is -3.79. The molecular formula is C24H21NO4S. The first-order valence-electron chi connectivity index (χ1n) is 9.50. The Balaban J connectivity index is 1.67. The van der Waals surface area contributed by atoms with Crippen LogP contribution in [0.5, 0.6) is 5.75 Å². The van der Waals surface area contributed by atoms with Gasteiger partial charge in [0.2, 0.25) is 20.8 Å². The Bertz CT molecular complexity index is 1260. The van der Waals surface area contributed by atoms with E-state index in [1.807, 2.05) is 55.5 Å². The molecule has 0 amide bonds. The van der Waals surface area contributed by atoms with Gasteiger partial charge in [-0.1, -0.05) is 60.2 Å². The van der Waals surface area contributed by atoms with Crippen molar-refractivity contribution in [1.29, 1.82) is 0 Å². The van der Waals surface area contributed by atoms with E-state index in [9.17, 15) is 8.42 Å². The van der Waals surface area contributed by atoms with Gasteiger partial charge in [-0.2, -0.15) is 4.98 Å². The first-order chi connectivity index (χ1) is 14.4. The van der Waals surface area contributed by atoms with E-state index in [4.69, 9.17) is 9.15 Å². The Labute approximate surface area is 175 Å². The number of sulfone groups is 1. The van der Waals surface area contributed by atoms with Gasteiger partial charge < -0.3 is 9.15 Å². The number of aryl methyl sites for hydroxylation is 2. The summed E-state index contributed by atoms with van der Waals surface area (Å²) in [5.41, 5.74) is 2.61. The van der Waals surface area contributed by atoms with E-state index < -0.39 is 9.84 Å². The van der Waals surface area contributed by atoms with Gasteiger partial charge in [0.05, 0.1) is 10.5 Å². The third-order valence-corrected chi connectivity index (χ3v) is 6.48. The molecule has 0 radical (unpaired) electrons. The van der Waals surface area contributed by atoms with Crippen molar-refractivity contribution in [3.05, 3.63) is 95.7 Å². The fourth-order valence-electron chi connectivity index (χ4n) is 3.08. The minimum absolute atomic E-state index is 0.0841. The molecule has 0 spiro atoms. The van der Waals surface area contributed by atoms with Crippen LogP contribution < -0.4 is 4.74 Å². The molecule has 0 saturated carbocycles. The zero-order chi connectivity index (χ0) is 21.1. The molecule has 0 aliphatic carbocycles. The Morgan fingerprint density at radius 3 is 2.27 bits per heavy atom. The van der Waals surface area contributed by atoms with E-state index in [0.29, 0.717) is 17.9 Å². The van der Waals surface area contributed by atoms with Crippen LogP contribution in [0.2, 0.25) is 0 Å². The molecule has 6 heteroatoms. The van der Waals surface area contributed by atoms with Crippen LogP contribution in [0.1, 0.15) is 16.9 Å². The number of rotatable bonds is 6. The lowest BCUT2D eigenvalue weighted by atomic mass is 10.2. The van der Waals surface area contributed by atoms with Crippen LogP contribution in [-0.2, 0) is 16.4 Å². The smallest absolute Gasteiger partial charge is 0.231 e. The molecule has 0 bridgehead atoms. The number of oxazole rings is 1. The molecule has 30 heavy (non-hydrogen) atoms. The molecule has 152 valence electrons. The highest BCUT2D eigenvalue weighted by Gasteiger charge is 2.27. The number of nitrogens with zero attached hydrogens (tertiary/aromatic N) is 1. The molecular weight excluding hydrogens is 398 g/mol. The second kappa shape index (κ2) is 8.16. The summed E-state index contributed by atoms with van der Waals surface area (Å²) in [6.45, 7) is 3.89. The number of hydrogen-bond donors (Lipinski definition) is 0. The molecule has 4 rings (SSSR count). The lowest BCUT2D eigenvalue weighted by molar-refractivity contribution is 0.306. The molecule has 1 heterocycles. The zero-order valence-corrected chi connectivity index (χ0v) is 17.5. The van der Waals surface area contributed by atoms with Gasteiger partial charge in [0.1, 0.15) is 18.1 Å². The topological polar surface area (TPSA) is 69.4 Å². The Morgan fingerprint density at radius 1 is 0.867 bits per heavy atom. The summed E-state index contributed by atoms with van der Waals surface area (Å²) in [5, 5.41) is -0.0841. The fourth-order valence-corrected chi connectivity index (χ4v) is 4.42. The van der Waals surface area contributed by atoms with Crippen molar-refractivity contribution >= 4 is 9.84 Å². The monoisotopic (exact) mass is 419 g/mol. The van der Waals surface area contributed by atoms with Gasteiger partial charge in [0.15, 0.2) is 0 Å². The van der Waals surface area contributed by atoms with Gasteiger partial charge in [0.25, 0.3) is 0 Å². The average Bonchev–Trinajstić information content (AvgIpc) is 3.16. The van der Waals surface area contributed by atoms with Gasteiger partial charge in [-0.15, -0.1) is 0 Å². The van der Waals surface area contributed by atoms with E-state index in [0.717, 1.165) is 11.1 Å². The highest BCUT2D eigenvalue weighted by Crippen LogP contribution is 2.33. The largest absolute Gasteiger partial charge is 0.488 e. The van der Waals surface area contributed by atoms with E-state index in [-0.39, 0.29) is 21.6 Å². The predicted octanol–water partition coefficient (Wildman–Crippen LogP) is 5.37. The zero-order valence-electron chi connectivity index (χ0n) is 16.7. The molecule has 5 nitrogen and oxygen atoms in total. The maximum Gasteiger partial charge on any atom is 0.231 e. The molecule has 0 aliphatic rings. The van der Waals surface area contributed by atoms with E-state index >= 15 is 0 Å². The van der Waals surface area contributed by atoms with Crippen LogP contribution in [0.4, 0.5) is 0 Å². The summed E-state index contributed by atoms with van der Waals surface area (Å²) in [6, 6.07) is 23.8. The first kappa shape index (κ1) is 19.9. The minimum atomic E-state index is -3.79. The number of ether oxygens (including phenoxy) is 1. The molecule has 1 aromatic heterocycles. The number of benzene rings is 3. The normalized spacial score (nSPS) is 11.4. The molecule has 4 aromatic rings. The fraction of sp³-hybridized carbons (Fsp3) is 0.125. The number of hydrogen-bond acceptors (Lipinski definition) is 5. The lowest BCUT2D eigenvalue weighted by Crippen LogP contribution is -2.04. The summed E-state index contributed by atoms with van der Waals surface area (Å²) >= 11 is 0. The van der Waals surface area contributed by atoms with Gasteiger partial charge in [-0.25, -0.2) is 8.42 Å². The summed E-state index contributed by atoms with van der Waals surface area (Å²) in [5.74, 6) is 1.02. The van der Waals surface area contributed by atoms with Crippen molar-refractivity contribution in [2.24, 2.45) is 0 Å². The van der Waals surface area contributed by atoms with Gasteiger partial charge in [-0.3, -0.25) is 0 Å². The number of para-hydroxylation sites is 1. The van der Waals surface area contributed by atoms with Crippen LogP contribution in [0.25, 0.3) is 11.5 Å². The van der Waals surface area contributed by atoms with Gasteiger partial charge in [-0.05, 0) is 43.7 Å². The Kier molecular flexibility index (Phi) is 5.42. The lowest BCUT2D eigenvalue weighted by Gasteiger charge is -2.09. The Hall–Kier alpha value is -3.38. The highest BCUT2D eigenvalue weighted by atomic mass is 32.2. The SMILES string of the molecule is Cc1ccc(S(=O)(=O)c2nc(-c3ccccc3OCc3ccccc3)oc2C)cc1. The molecule has 0 N–H and O–H groups in total. The van der Waals surface area contributed by atoms with Gasteiger partial charge >= 0.3 is 0 Å². The molecule has 0 atom stereocenters. The van der Waals surface area contributed by atoms with Gasteiger partial charge in [0, 0.05) is 0 Å². The van der Waals surface area contributed by atoms with Crippen molar-refractivity contribution in [1.82, 2.24) is 4.98 Å². The summed E-state index contributed by atoms with van der Waals surface area (Å²) < 4.78 is 37.8. The summed E-state index contributed by atoms with van der Waals surface area (Å²) in [6.07, 6.45) is 0. The minimum Gasteiger partial charge on any atom is -0.488 e. The van der Waals surface area contributed by atoms with Crippen LogP contribution in [0.3, 0.4) is 0 Å². The predicted molar refractivity (Wildman–Crippen MR) is 114 cm³/mol. The first-order valence-corrected chi connectivity index (χ1v) is 11.0. The summed E-state index contributed by atoms with van der Waals surface area (Å²) in [4.78, 5) is 4.52. The van der Waals surface area contributed by atoms with Crippen molar-refractivity contribution in [3.8, 4) is 17.2 Å². The van der Waals surface area contributed by atoms with Crippen LogP contribution >= 0.6 is 0 Å². The quantitative estimate of drug-likeness (QED) is 0.420. The van der Waals surface area contributed by atoms with Crippen LogP contribution in [0, 0.1) is 13.8 Å². The van der Waals surface area contributed by atoms with Crippen molar-refractivity contribution < 1.29 is 17.6 Å². The van der Waals surface area contributed by atoms with E-state index in [1.165, 1.54) is 0 Å². The maximum atomic E-state index is 13.1. The molecule has 3 aromatic carbocycles. The van der Waals surface area contributed by atoms with E-state index in [2.05, 4.69) is 4.98 Å². The third kappa shape index (κ3) is 4.00. The average molecular weight is 420 g/mol. The van der Waals surface area contributed by atoms with E-state index in [1.54, 1.807) is 37.3 Å². The second-order valence-electron chi connectivity index (χ2n) is 6.97. The van der Waals surface area contributed by atoms with Crippen molar-refractivity contribution in [2.75, 3.05) is 0 Å². The maximum absolute atomic E-state index is 13.1. The standard InChI is InChI=1S/C24H21NO4S/c1-17-12-14-20(15-13-17)30(26,27)24-18(2)29-23(25-24)21-10-6-7-11-22(21)28-16-19-8-4-3-5-9-19/h3-15H,16H2,1-2H3. The molecule has 0 aliphatic heterocycles. The highest BCUT2D eigenvalue weighted by molar-refractivity contribution is 7.91.